The fraction of sp³-hybridized carbons (Fsp3) is 0.400. The number of benzene rings is 2. The highest BCUT2D eigenvalue weighted by Crippen LogP contribution is 2.39. The van der Waals surface area contributed by atoms with Crippen molar-refractivity contribution >= 4 is 34.8 Å². The quantitative estimate of drug-likeness (QED) is 0.521. The first-order valence-corrected chi connectivity index (χ1v) is 11.5. The third-order valence-electron chi connectivity index (χ3n) is 6.62. The van der Waals surface area contributed by atoms with Gasteiger partial charge in [-0.15, -0.1) is 0 Å². The number of hydrogen-bond donors (Lipinski definition) is 2. The van der Waals surface area contributed by atoms with Crippen LogP contribution in [-0.4, -0.2) is 34.2 Å². The van der Waals surface area contributed by atoms with Gasteiger partial charge in [0.1, 0.15) is 5.54 Å². The molecule has 1 unspecified atom stereocenters. The zero-order valence-electron chi connectivity index (χ0n) is 19.3. The van der Waals surface area contributed by atoms with Crippen LogP contribution in [0.5, 0.6) is 0 Å². The van der Waals surface area contributed by atoms with Gasteiger partial charge in [0.05, 0.1) is 22.7 Å². The third kappa shape index (κ3) is 4.50. The average molecular weight is 465 g/mol. The minimum atomic E-state index is -1.50. The molecule has 3 amide bonds. The van der Waals surface area contributed by atoms with Gasteiger partial charge in [0.25, 0.3) is 11.6 Å². The number of aryl methyl sites for hydroxylation is 1. The van der Waals surface area contributed by atoms with Gasteiger partial charge in [0.15, 0.2) is 0 Å². The Kier molecular flexibility index (Phi) is 6.37. The van der Waals surface area contributed by atoms with Crippen LogP contribution in [0.3, 0.4) is 0 Å². The summed E-state index contributed by atoms with van der Waals surface area (Å²) in [6.07, 6.45) is 4.67. The second-order valence-corrected chi connectivity index (χ2v) is 9.27. The Bertz CT molecular complexity index is 1140. The van der Waals surface area contributed by atoms with Gasteiger partial charge >= 0.3 is 0 Å². The molecule has 0 aromatic heterocycles. The van der Waals surface area contributed by atoms with Gasteiger partial charge in [-0.05, 0) is 56.5 Å². The van der Waals surface area contributed by atoms with E-state index in [1.165, 1.54) is 29.2 Å². The molecule has 9 heteroatoms. The van der Waals surface area contributed by atoms with E-state index in [0.29, 0.717) is 11.4 Å². The Morgan fingerprint density at radius 2 is 1.79 bits per heavy atom. The minimum absolute atomic E-state index is 0.00213. The molecule has 0 radical (unpaired) electrons. The van der Waals surface area contributed by atoms with E-state index in [1.54, 1.807) is 19.1 Å². The van der Waals surface area contributed by atoms with Crippen molar-refractivity contribution in [1.82, 2.24) is 5.32 Å². The number of nitrogens with zero attached hydrogens (tertiary/aromatic N) is 2. The number of nitro groups is 1. The number of carbonyl (C=O) groups is 3. The van der Waals surface area contributed by atoms with Crippen molar-refractivity contribution in [2.45, 2.75) is 64.0 Å². The van der Waals surface area contributed by atoms with Crippen LogP contribution in [0.2, 0.25) is 0 Å². The fourth-order valence-corrected chi connectivity index (χ4v) is 4.74. The predicted molar refractivity (Wildman–Crippen MR) is 128 cm³/mol. The molecule has 1 saturated carbocycles. The first-order chi connectivity index (χ1) is 16.2. The smallest absolute Gasteiger partial charge is 0.269 e. The summed E-state index contributed by atoms with van der Waals surface area (Å²) in [6.45, 7) is 3.46. The zero-order valence-corrected chi connectivity index (χ0v) is 19.3. The molecule has 1 aliphatic carbocycles. The second-order valence-electron chi connectivity index (χ2n) is 9.27. The number of rotatable bonds is 4. The molecule has 9 nitrogen and oxygen atoms in total. The number of fused-ring (bicyclic) bond motifs is 1. The molecule has 2 aromatic rings. The Balaban J connectivity index is 1.80. The molecule has 1 fully saturated rings. The summed E-state index contributed by atoms with van der Waals surface area (Å²) in [4.78, 5) is 52.3. The van der Waals surface area contributed by atoms with Crippen LogP contribution in [0, 0.1) is 17.0 Å². The van der Waals surface area contributed by atoms with Crippen molar-refractivity contribution < 1.29 is 19.3 Å². The fourth-order valence-electron chi connectivity index (χ4n) is 4.74. The maximum absolute atomic E-state index is 13.9. The van der Waals surface area contributed by atoms with Gasteiger partial charge in [-0.3, -0.25) is 29.4 Å². The molecule has 0 bridgehead atoms. The minimum Gasteiger partial charge on any atom is -0.351 e. The van der Waals surface area contributed by atoms with Crippen molar-refractivity contribution in [1.29, 1.82) is 0 Å². The van der Waals surface area contributed by atoms with Crippen molar-refractivity contribution in [2.75, 3.05) is 10.2 Å². The lowest BCUT2D eigenvalue weighted by Crippen LogP contribution is -2.61. The lowest BCUT2D eigenvalue weighted by molar-refractivity contribution is -0.384. The number of hydrogen-bond acceptors (Lipinski definition) is 5. The maximum atomic E-state index is 13.9. The largest absolute Gasteiger partial charge is 0.351 e. The van der Waals surface area contributed by atoms with Crippen LogP contribution in [0.1, 0.15) is 61.4 Å². The predicted octanol–water partition coefficient (Wildman–Crippen LogP) is 4.10. The van der Waals surface area contributed by atoms with Gasteiger partial charge in [0, 0.05) is 23.7 Å². The van der Waals surface area contributed by atoms with Crippen LogP contribution in [0.15, 0.2) is 42.5 Å². The summed E-state index contributed by atoms with van der Waals surface area (Å²) in [6, 6.07) is 10.5. The molecule has 4 rings (SSSR count). The Morgan fingerprint density at radius 1 is 1.12 bits per heavy atom. The van der Waals surface area contributed by atoms with Crippen LogP contribution in [0.25, 0.3) is 0 Å². The number of nitro benzene ring substituents is 1. The van der Waals surface area contributed by atoms with E-state index in [4.69, 9.17) is 0 Å². The number of amides is 3. The first-order valence-electron chi connectivity index (χ1n) is 11.5. The summed E-state index contributed by atoms with van der Waals surface area (Å²) < 4.78 is 0. The standard InChI is InChI=1S/C25H28N4O5/c1-16-8-13-20-21(14-16)28(23(31)17-9-11-19(12-10-17)29(33)34)25(2,15-22(30)27-20)24(32)26-18-6-4-3-5-7-18/h8-14,18H,3-7,15H2,1-2H3,(H,26,32)(H,27,30). The van der Waals surface area contributed by atoms with Crippen LogP contribution < -0.4 is 15.5 Å². The van der Waals surface area contributed by atoms with Gasteiger partial charge < -0.3 is 10.6 Å². The van der Waals surface area contributed by atoms with Gasteiger partial charge in [0.2, 0.25) is 11.8 Å². The molecule has 1 heterocycles. The normalized spacial score (nSPS) is 20.6. The van der Waals surface area contributed by atoms with Gasteiger partial charge in [-0.2, -0.15) is 0 Å². The molecule has 0 spiro atoms. The number of nitrogens with one attached hydrogen (secondary N) is 2. The molecule has 178 valence electrons. The number of anilines is 2. The summed E-state index contributed by atoms with van der Waals surface area (Å²) in [7, 11) is 0. The molecule has 1 aliphatic heterocycles. The van der Waals surface area contributed by atoms with Crippen molar-refractivity contribution in [3.63, 3.8) is 0 Å². The van der Waals surface area contributed by atoms with E-state index >= 15 is 0 Å². The monoisotopic (exact) mass is 464 g/mol. The van der Waals surface area contributed by atoms with Crippen molar-refractivity contribution in [2.24, 2.45) is 0 Å². The summed E-state index contributed by atoms with van der Waals surface area (Å²) >= 11 is 0. The zero-order chi connectivity index (χ0) is 24.5. The van der Waals surface area contributed by atoms with Crippen LogP contribution in [0.4, 0.5) is 17.1 Å². The lowest BCUT2D eigenvalue weighted by atomic mass is 9.89. The molecule has 2 aliphatic rings. The highest BCUT2D eigenvalue weighted by molar-refractivity contribution is 6.16. The van der Waals surface area contributed by atoms with Gasteiger partial charge in [-0.1, -0.05) is 25.3 Å². The second kappa shape index (κ2) is 9.24. The molecule has 34 heavy (non-hydrogen) atoms. The average Bonchev–Trinajstić information content (AvgIpc) is 2.92. The van der Waals surface area contributed by atoms with Crippen molar-refractivity contribution in [3.8, 4) is 0 Å². The van der Waals surface area contributed by atoms with E-state index in [2.05, 4.69) is 10.6 Å². The van der Waals surface area contributed by atoms with E-state index in [-0.39, 0.29) is 35.5 Å². The van der Waals surface area contributed by atoms with Crippen molar-refractivity contribution in [3.05, 3.63) is 63.7 Å². The van der Waals surface area contributed by atoms with Gasteiger partial charge in [-0.25, -0.2) is 0 Å². The topological polar surface area (TPSA) is 122 Å². The summed E-state index contributed by atoms with van der Waals surface area (Å²) in [5.74, 6) is -1.27. The van der Waals surface area contributed by atoms with E-state index < -0.39 is 16.4 Å². The van der Waals surface area contributed by atoms with E-state index in [0.717, 1.165) is 37.7 Å². The van der Waals surface area contributed by atoms with Crippen LogP contribution >= 0.6 is 0 Å². The summed E-state index contributed by atoms with van der Waals surface area (Å²) in [5.41, 5.74) is 0.240. The molecular formula is C25H28N4O5. The van der Waals surface area contributed by atoms with Crippen LogP contribution in [-0.2, 0) is 9.59 Å². The molecular weight excluding hydrogens is 436 g/mol. The Hall–Kier alpha value is -3.75. The highest BCUT2D eigenvalue weighted by atomic mass is 16.6. The molecule has 1 atom stereocenters. The maximum Gasteiger partial charge on any atom is 0.269 e. The highest BCUT2D eigenvalue weighted by Gasteiger charge is 2.48. The number of non-ortho nitro benzene ring substituents is 1. The lowest BCUT2D eigenvalue weighted by Gasteiger charge is -2.40. The molecule has 0 saturated heterocycles. The third-order valence-corrected chi connectivity index (χ3v) is 6.62. The SMILES string of the molecule is Cc1ccc2c(c1)N(C(=O)c1ccc([N+](=O)[O-])cc1)C(C)(C(=O)NC1CCCCC1)CC(=O)N2. The molecule has 2 aromatic carbocycles. The number of carbonyl (C=O) groups excluding carboxylic acids is 3. The summed E-state index contributed by atoms with van der Waals surface area (Å²) in [5, 5.41) is 17.0. The van der Waals surface area contributed by atoms with E-state index in [9.17, 15) is 24.5 Å². The Labute approximate surface area is 197 Å². The Morgan fingerprint density at radius 3 is 2.44 bits per heavy atom. The molecule has 2 N–H and O–H groups in total. The van der Waals surface area contributed by atoms with E-state index in [1.807, 2.05) is 13.0 Å². The first kappa shape index (κ1) is 23.4.